The number of nitrogens with one attached hydrogen (secondary N) is 2. The first-order valence-corrected chi connectivity index (χ1v) is 12.6. The average Bonchev–Trinajstić information content (AvgIpc) is 2.71. The monoisotopic (exact) mass is 433 g/mol. The molecule has 1 saturated carbocycles. The van der Waals surface area contributed by atoms with Crippen molar-refractivity contribution < 1.29 is 8.42 Å². The normalized spacial score (nSPS) is 19.2. The fourth-order valence-electron chi connectivity index (χ4n) is 3.69. The van der Waals surface area contributed by atoms with Gasteiger partial charge in [0.25, 0.3) is 0 Å². The van der Waals surface area contributed by atoms with Gasteiger partial charge in [-0.1, -0.05) is 48.9 Å². The lowest BCUT2D eigenvalue weighted by Crippen LogP contribution is -2.53. The van der Waals surface area contributed by atoms with Crippen molar-refractivity contribution in [3.8, 4) is 0 Å². The van der Waals surface area contributed by atoms with Gasteiger partial charge in [0.1, 0.15) is 0 Å². The third kappa shape index (κ3) is 7.41. The van der Waals surface area contributed by atoms with Gasteiger partial charge in [0, 0.05) is 52.9 Å². The van der Waals surface area contributed by atoms with Crippen LogP contribution in [0.5, 0.6) is 0 Å². The molecular weight excluding hydrogens is 398 g/mol. The van der Waals surface area contributed by atoms with E-state index >= 15 is 0 Å². The van der Waals surface area contributed by atoms with E-state index in [9.17, 15) is 8.42 Å². The Bertz CT molecular complexity index is 798. The molecule has 0 bridgehead atoms. The highest BCUT2D eigenvalue weighted by Gasteiger charge is 2.21. The van der Waals surface area contributed by atoms with Crippen LogP contribution in [0.15, 0.2) is 41.4 Å². The summed E-state index contributed by atoms with van der Waals surface area (Å²) in [7, 11) is -1.48. The van der Waals surface area contributed by atoms with Crippen LogP contribution in [0.2, 0.25) is 0 Å². The SMILES string of the molecule is CN=C(NCCS(=O)(=O)NCC1CCC1)N1CCN(C/C=C/c2ccccc2)CC1. The lowest BCUT2D eigenvalue weighted by Gasteiger charge is -2.36. The third-order valence-corrected chi connectivity index (χ3v) is 7.18. The Hall–Kier alpha value is -1.90. The van der Waals surface area contributed by atoms with Crippen LogP contribution in [0.4, 0.5) is 0 Å². The van der Waals surface area contributed by atoms with Gasteiger partial charge < -0.3 is 10.2 Å². The maximum absolute atomic E-state index is 12.1. The van der Waals surface area contributed by atoms with Crippen molar-refractivity contribution in [2.24, 2.45) is 10.9 Å². The van der Waals surface area contributed by atoms with Crippen LogP contribution in [0.25, 0.3) is 6.08 Å². The number of hydrogen-bond acceptors (Lipinski definition) is 4. The molecule has 30 heavy (non-hydrogen) atoms. The number of hydrogen-bond donors (Lipinski definition) is 2. The number of rotatable bonds is 9. The van der Waals surface area contributed by atoms with Gasteiger partial charge in [0.15, 0.2) is 5.96 Å². The van der Waals surface area contributed by atoms with Crippen LogP contribution in [-0.2, 0) is 10.0 Å². The summed E-state index contributed by atoms with van der Waals surface area (Å²) in [5, 5.41) is 3.21. The van der Waals surface area contributed by atoms with E-state index in [-0.39, 0.29) is 5.75 Å². The molecule has 2 N–H and O–H groups in total. The van der Waals surface area contributed by atoms with Gasteiger partial charge in [0.05, 0.1) is 5.75 Å². The number of aliphatic imine (C=N–C) groups is 1. The lowest BCUT2D eigenvalue weighted by molar-refractivity contribution is 0.194. The van der Waals surface area contributed by atoms with Gasteiger partial charge >= 0.3 is 0 Å². The van der Waals surface area contributed by atoms with Crippen LogP contribution in [0.1, 0.15) is 24.8 Å². The summed E-state index contributed by atoms with van der Waals surface area (Å²) in [6.07, 6.45) is 7.87. The molecule has 1 aromatic rings. The highest BCUT2D eigenvalue weighted by molar-refractivity contribution is 7.89. The molecule has 1 aromatic carbocycles. The zero-order valence-corrected chi connectivity index (χ0v) is 18.8. The van der Waals surface area contributed by atoms with Crippen LogP contribution < -0.4 is 10.0 Å². The molecule has 7 nitrogen and oxygen atoms in total. The predicted molar refractivity (Wildman–Crippen MR) is 124 cm³/mol. The molecule has 1 aliphatic carbocycles. The van der Waals surface area contributed by atoms with Gasteiger partial charge in [0.2, 0.25) is 10.0 Å². The Morgan fingerprint density at radius 1 is 1.17 bits per heavy atom. The molecular formula is C22H35N5O2S. The Balaban J connectivity index is 1.34. The summed E-state index contributed by atoms with van der Waals surface area (Å²) < 4.78 is 27.0. The third-order valence-electron chi connectivity index (χ3n) is 5.83. The molecule has 0 spiro atoms. The Kier molecular flexibility index (Phi) is 8.72. The topological polar surface area (TPSA) is 77.0 Å². The van der Waals surface area contributed by atoms with Crippen molar-refractivity contribution >= 4 is 22.1 Å². The number of sulfonamides is 1. The van der Waals surface area contributed by atoms with Crippen molar-refractivity contribution in [1.82, 2.24) is 19.8 Å². The van der Waals surface area contributed by atoms with E-state index in [2.05, 4.69) is 49.1 Å². The lowest BCUT2D eigenvalue weighted by atomic mass is 9.86. The molecule has 0 unspecified atom stereocenters. The van der Waals surface area contributed by atoms with Gasteiger partial charge in [-0.2, -0.15) is 0 Å². The second kappa shape index (κ2) is 11.5. The maximum Gasteiger partial charge on any atom is 0.213 e. The first kappa shape index (κ1) is 22.8. The van der Waals surface area contributed by atoms with E-state index in [4.69, 9.17) is 0 Å². The van der Waals surface area contributed by atoms with Crippen LogP contribution in [-0.4, -0.2) is 82.8 Å². The van der Waals surface area contributed by atoms with Crippen molar-refractivity contribution in [3.05, 3.63) is 42.0 Å². The predicted octanol–water partition coefficient (Wildman–Crippen LogP) is 1.61. The second-order valence-electron chi connectivity index (χ2n) is 8.04. The fourth-order valence-corrected chi connectivity index (χ4v) is 4.69. The van der Waals surface area contributed by atoms with Gasteiger partial charge in [-0.3, -0.25) is 9.89 Å². The molecule has 0 aromatic heterocycles. The minimum absolute atomic E-state index is 0.0724. The van der Waals surface area contributed by atoms with Crippen LogP contribution >= 0.6 is 0 Å². The molecule has 2 aliphatic rings. The Labute approximate surface area is 181 Å². The molecule has 2 fully saturated rings. The van der Waals surface area contributed by atoms with E-state index in [0.717, 1.165) is 51.5 Å². The average molecular weight is 434 g/mol. The minimum atomic E-state index is -3.23. The molecule has 0 atom stereocenters. The van der Waals surface area contributed by atoms with E-state index in [1.807, 2.05) is 18.2 Å². The molecule has 166 valence electrons. The van der Waals surface area contributed by atoms with Crippen LogP contribution in [0, 0.1) is 5.92 Å². The quantitative estimate of drug-likeness (QED) is 0.457. The Morgan fingerprint density at radius 3 is 2.53 bits per heavy atom. The molecule has 1 aliphatic heterocycles. The van der Waals surface area contributed by atoms with Crippen molar-refractivity contribution in [3.63, 3.8) is 0 Å². The highest BCUT2D eigenvalue weighted by Crippen LogP contribution is 2.25. The van der Waals surface area contributed by atoms with Gasteiger partial charge in [-0.15, -0.1) is 0 Å². The minimum Gasteiger partial charge on any atom is -0.355 e. The molecule has 1 saturated heterocycles. The molecule has 3 rings (SSSR count). The summed E-state index contributed by atoms with van der Waals surface area (Å²) in [4.78, 5) is 8.95. The molecule has 0 amide bonds. The standard InChI is InChI=1S/C22H35N5O2S/c1-23-22(24-12-18-30(28,29)25-19-21-9-5-10-21)27-16-14-26(15-17-27)13-6-11-20-7-3-2-4-8-20/h2-4,6-8,11,21,25H,5,9-10,12-19H2,1H3,(H,23,24)/b11-6+. The molecule has 8 heteroatoms. The Morgan fingerprint density at radius 2 is 1.90 bits per heavy atom. The van der Waals surface area contributed by atoms with Crippen LogP contribution in [0.3, 0.4) is 0 Å². The molecule has 0 radical (unpaired) electrons. The maximum atomic E-state index is 12.1. The number of benzene rings is 1. The largest absolute Gasteiger partial charge is 0.355 e. The zero-order chi connectivity index (χ0) is 21.2. The fraction of sp³-hybridized carbons (Fsp3) is 0.591. The smallest absolute Gasteiger partial charge is 0.213 e. The van der Waals surface area contributed by atoms with E-state index in [0.29, 0.717) is 19.0 Å². The number of guanidine groups is 1. The first-order valence-electron chi connectivity index (χ1n) is 10.9. The number of nitrogens with zero attached hydrogens (tertiary/aromatic N) is 3. The summed E-state index contributed by atoms with van der Waals surface area (Å²) in [5.41, 5.74) is 1.22. The first-order chi connectivity index (χ1) is 14.6. The highest BCUT2D eigenvalue weighted by atomic mass is 32.2. The van der Waals surface area contributed by atoms with Gasteiger partial charge in [-0.25, -0.2) is 13.1 Å². The van der Waals surface area contributed by atoms with Gasteiger partial charge in [-0.05, 0) is 24.3 Å². The number of piperazine rings is 1. The van der Waals surface area contributed by atoms with Crippen molar-refractivity contribution in [2.75, 3.05) is 58.6 Å². The van der Waals surface area contributed by atoms with E-state index in [1.165, 1.54) is 12.0 Å². The summed E-state index contributed by atoms with van der Waals surface area (Å²) >= 11 is 0. The van der Waals surface area contributed by atoms with Crippen molar-refractivity contribution in [2.45, 2.75) is 19.3 Å². The van der Waals surface area contributed by atoms with Crippen molar-refractivity contribution in [1.29, 1.82) is 0 Å². The second-order valence-corrected chi connectivity index (χ2v) is 9.97. The summed E-state index contributed by atoms with van der Waals surface area (Å²) in [5.74, 6) is 1.38. The zero-order valence-electron chi connectivity index (χ0n) is 18.0. The van der Waals surface area contributed by atoms with E-state index in [1.54, 1.807) is 7.05 Å². The van der Waals surface area contributed by atoms with E-state index < -0.39 is 10.0 Å². The summed E-state index contributed by atoms with van der Waals surface area (Å²) in [6.45, 7) is 5.56. The molecule has 1 heterocycles. The summed E-state index contributed by atoms with van der Waals surface area (Å²) in [6, 6.07) is 10.3.